The molecule has 1 heterocycles. The molecule has 0 bridgehead atoms. The van der Waals surface area contributed by atoms with Gasteiger partial charge in [-0.2, -0.15) is 8.78 Å². The largest absolute Gasteiger partial charge is 0.484 e. The summed E-state index contributed by atoms with van der Waals surface area (Å²) in [6.45, 7) is 0.744. The first kappa shape index (κ1) is 20.7. The molecule has 0 unspecified atom stereocenters. The number of halogens is 3. The molecule has 1 N–H and O–H groups in total. The highest BCUT2D eigenvalue weighted by Gasteiger charge is 2.15. The number of hydrogen-bond donors (Lipinski definition) is 1. The minimum atomic E-state index is -2.91. The zero-order valence-corrected chi connectivity index (χ0v) is 16.4. The molecule has 2 aromatic carbocycles. The van der Waals surface area contributed by atoms with Crippen molar-refractivity contribution < 1.29 is 27.5 Å². The van der Waals surface area contributed by atoms with Crippen molar-refractivity contribution in [3.8, 4) is 11.5 Å². The van der Waals surface area contributed by atoms with E-state index in [0.717, 1.165) is 5.56 Å². The summed E-state index contributed by atoms with van der Waals surface area (Å²) in [6.07, 6.45) is 0. The third-order valence-electron chi connectivity index (χ3n) is 4.08. The van der Waals surface area contributed by atoms with E-state index in [-0.39, 0.29) is 18.1 Å². The number of para-hydroxylation sites is 1. The number of furan rings is 1. The quantitative estimate of drug-likeness (QED) is 0.509. The first-order valence-electron chi connectivity index (χ1n) is 8.67. The molecule has 0 saturated carbocycles. The van der Waals surface area contributed by atoms with E-state index in [9.17, 15) is 13.6 Å². The normalized spacial score (nSPS) is 10.8. The van der Waals surface area contributed by atoms with Gasteiger partial charge in [0, 0.05) is 5.69 Å². The van der Waals surface area contributed by atoms with Gasteiger partial charge in [0.05, 0.1) is 5.02 Å². The van der Waals surface area contributed by atoms with Crippen LogP contribution in [0.5, 0.6) is 11.5 Å². The van der Waals surface area contributed by atoms with Crippen LogP contribution in [0, 0.1) is 13.8 Å². The maximum absolute atomic E-state index is 12.4. The topological polar surface area (TPSA) is 60.7 Å². The SMILES string of the molecule is Cc1cc(OC(F)F)ccc1NC(=O)c1ccc(COc2c(C)cccc2Cl)o1. The van der Waals surface area contributed by atoms with Gasteiger partial charge in [-0.1, -0.05) is 23.7 Å². The Kier molecular flexibility index (Phi) is 6.39. The van der Waals surface area contributed by atoms with Crippen molar-refractivity contribution in [3.05, 3.63) is 76.2 Å². The fourth-order valence-corrected chi connectivity index (χ4v) is 2.93. The van der Waals surface area contributed by atoms with Crippen LogP contribution in [0.3, 0.4) is 0 Å². The van der Waals surface area contributed by atoms with Gasteiger partial charge in [0.1, 0.15) is 23.9 Å². The monoisotopic (exact) mass is 421 g/mol. The molecular formula is C21H18ClF2NO4. The summed E-state index contributed by atoms with van der Waals surface area (Å²) in [5, 5.41) is 3.16. The maximum atomic E-state index is 12.4. The van der Waals surface area contributed by atoms with E-state index < -0.39 is 12.5 Å². The van der Waals surface area contributed by atoms with E-state index in [2.05, 4.69) is 10.1 Å². The van der Waals surface area contributed by atoms with Gasteiger partial charge < -0.3 is 19.2 Å². The first-order valence-corrected chi connectivity index (χ1v) is 9.04. The molecule has 0 aliphatic rings. The van der Waals surface area contributed by atoms with Crippen LogP contribution < -0.4 is 14.8 Å². The van der Waals surface area contributed by atoms with E-state index in [1.807, 2.05) is 19.1 Å². The van der Waals surface area contributed by atoms with Crippen molar-refractivity contribution in [1.82, 2.24) is 0 Å². The Morgan fingerprint density at radius 1 is 1.14 bits per heavy atom. The highest BCUT2D eigenvalue weighted by molar-refractivity contribution is 6.32. The fraction of sp³-hybridized carbons (Fsp3) is 0.190. The molecule has 5 nitrogen and oxygen atoms in total. The van der Waals surface area contributed by atoms with Gasteiger partial charge in [0.2, 0.25) is 0 Å². The predicted octanol–water partition coefficient (Wildman–Crippen LogP) is 5.98. The Morgan fingerprint density at radius 2 is 1.93 bits per heavy atom. The average Bonchev–Trinajstić information content (AvgIpc) is 3.12. The lowest BCUT2D eigenvalue weighted by Gasteiger charge is -2.10. The molecule has 0 spiro atoms. The Morgan fingerprint density at radius 3 is 2.62 bits per heavy atom. The Balaban J connectivity index is 1.63. The van der Waals surface area contributed by atoms with Crippen molar-refractivity contribution in [2.24, 2.45) is 0 Å². The lowest BCUT2D eigenvalue weighted by molar-refractivity contribution is -0.0498. The standard InChI is InChI=1S/C21H18ClF2NO4/c1-12-4-3-5-16(22)19(12)27-11-15-7-9-18(28-15)20(26)25-17-8-6-14(10-13(17)2)29-21(23)24/h3-10,21H,11H2,1-2H3,(H,25,26). The first-order chi connectivity index (χ1) is 13.8. The Hall–Kier alpha value is -3.06. The van der Waals surface area contributed by atoms with Crippen LogP contribution in [0.15, 0.2) is 52.9 Å². The third kappa shape index (κ3) is 5.26. The minimum absolute atomic E-state index is 0.0165. The van der Waals surface area contributed by atoms with E-state index in [1.54, 1.807) is 19.1 Å². The molecule has 0 saturated heterocycles. The number of hydrogen-bond acceptors (Lipinski definition) is 4. The van der Waals surface area contributed by atoms with Gasteiger partial charge in [-0.15, -0.1) is 0 Å². The average molecular weight is 422 g/mol. The zero-order valence-electron chi connectivity index (χ0n) is 15.7. The lowest BCUT2D eigenvalue weighted by Crippen LogP contribution is -2.12. The summed E-state index contributed by atoms with van der Waals surface area (Å²) in [4.78, 5) is 12.4. The number of amides is 1. The van der Waals surface area contributed by atoms with Gasteiger partial charge in [-0.05, 0) is 61.4 Å². The Labute approximate surface area is 171 Å². The molecule has 0 atom stereocenters. The number of carbonyl (C=O) groups excluding carboxylic acids is 1. The molecule has 3 rings (SSSR count). The molecule has 3 aromatic rings. The van der Waals surface area contributed by atoms with Gasteiger partial charge in [-0.25, -0.2) is 0 Å². The van der Waals surface area contributed by atoms with Crippen LogP contribution in [0.25, 0.3) is 0 Å². The molecule has 8 heteroatoms. The van der Waals surface area contributed by atoms with Crippen molar-refractivity contribution in [2.75, 3.05) is 5.32 Å². The number of anilines is 1. The minimum Gasteiger partial charge on any atom is -0.484 e. The second-order valence-corrected chi connectivity index (χ2v) is 6.66. The summed E-state index contributed by atoms with van der Waals surface area (Å²) in [5.74, 6) is 0.635. The number of rotatable bonds is 7. The predicted molar refractivity (Wildman–Crippen MR) is 105 cm³/mol. The number of aryl methyl sites for hydroxylation is 2. The number of carbonyl (C=O) groups is 1. The molecule has 152 valence electrons. The summed E-state index contributed by atoms with van der Waals surface area (Å²) in [7, 11) is 0. The number of benzene rings is 2. The van der Waals surface area contributed by atoms with Crippen molar-refractivity contribution in [1.29, 1.82) is 0 Å². The molecule has 1 amide bonds. The number of ether oxygens (including phenoxy) is 2. The Bertz CT molecular complexity index is 999. The van der Waals surface area contributed by atoms with Crippen LogP contribution in [-0.4, -0.2) is 12.5 Å². The number of nitrogens with one attached hydrogen (secondary N) is 1. The summed E-state index contributed by atoms with van der Waals surface area (Å²) >= 11 is 6.13. The van der Waals surface area contributed by atoms with Crippen LogP contribution >= 0.6 is 11.6 Å². The van der Waals surface area contributed by atoms with Crippen molar-refractivity contribution in [2.45, 2.75) is 27.1 Å². The van der Waals surface area contributed by atoms with Gasteiger partial charge in [0.25, 0.3) is 5.91 Å². The van der Waals surface area contributed by atoms with Gasteiger partial charge in [-0.3, -0.25) is 4.79 Å². The van der Waals surface area contributed by atoms with E-state index in [0.29, 0.717) is 27.8 Å². The lowest BCUT2D eigenvalue weighted by atomic mass is 10.2. The van der Waals surface area contributed by atoms with Crippen molar-refractivity contribution >= 4 is 23.2 Å². The van der Waals surface area contributed by atoms with Gasteiger partial charge >= 0.3 is 6.61 Å². The van der Waals surface area contributed by atoms with E-state index in [4.69, 9.17) is 20.8 Å². The molecular weight excluding hydrogens is 404 g/mol. The highest BCUT2D eigenvalue weighted by Crippen LogP contribution is 2.29. The van der Waals surface area contributed by atoms with Crippen LogP contribution in [0.1, 0.15) is 27.4 Å². The highest BCUT2D eigenvalue weighted by atomic mass is 35.5. The van der Waals surface area contributed by atoms with Crippen molar-refractivity contribution in [3.63, 3.8) is 0 Å². The second kappa shape index (κ2) is 8.96. The molecule has 0 radical (unpaired) electrons. The fourth-order valence-electron chi connectivity index (χ4n) is 2.66. The van der Waals surface area contributed by atoms with E-state index in [1.165, 1.54) is 24.3 Å². The molecule has 0 aliphatic carbocycles. The van der Waals surface area contributed by atoms with Crippen LogP contribution in [0.4, 0.5) is 14.5 Å². The molecule has 1 aromatic heterocycles. The maximum Gasteiger partial charge on any atom is 0.387 e. The number of alkyl halides is 2. The zero-order chi connectivity index (χ0) is 21.0. The van der Waals surface area contributed by atoms with Gasteiger partial charge in [0.15, 0.2) is 5.76 Å². The van der Waals surface area contributed by atoms with Crippen LogP contribution in [0.2, 0.25) is 5.02 Å². The summed E-state index contributed by atoms with van der Waals surface area (Å²) in [6, 6.07) is 12.8. The summed E-state index contributed by atoms with van der Waals surface area (Å²) in [5.41, 5.74) is 1.91. The smallest absolute Gasteiger partial charge is 0.387 e. The van der Waals surface area contributed by atoms with Crippen LogP contribution in [-0.2, 0) is 6.61 Å². The summed E-state index contributed by atoms with van der Waals surface area (Å²) < 4.78 is 40.1. The molecule has 29 heavy (non-hydrogen) atoms. The third-order valence-corrected chi connectivity index (χ3v) is 4.38. The van der Waals surface area contributed by atoms with E-state index >= 15 is 0 Å². The molecule has 0 aliphatic heterocycles. The molecule has 0 fully saturated rings. The second-order valence-electron chi connectivity index (χ2n) is 6.25.